The summed E-state index contributed by atoms with van der Waals surface area (Å²) in [5.41, 5.74) is 0. The van der Waals surface area contributed by atoms with Gasteiger partial charge in [-0.2, -0.15) is 0 Å². The predicted molar refractivity (Wildman–Crippen MR) is 65.8 cm³/mol. The fourth-order valence-electron chi connectivity index (χ4n) is 1.73. The summed E-state index contributed by atoms with van der Waals surface area (Å²) >= 11 is 0. The summed E-state index contributed by atoms with van der Waals surface area (Å²) in [6.07, 6.45) is 11.1. The van der Waals surface area contributed by atoms with Gasteiger partial charge in [-0.05, 0) is 33.0 Å². The van der Waals surface area contributed by atoms with Gasteiger partial charge in [-0.25, -0.2) is 0 Å². The molecule has 0 aromatic carbocycles. The van der Waals surface area contributed by atoms with Crippen LogP contribution in [0.4, 0.5) is 0 Å². The van der Waals surface area contributed by atoms with Crippen LogP contribution < -0.4 is 0 Å². The molecule has 0 aromatic heterocycles. The molecule has 14 heavy (non-hydrogen) atoms. The van der Waals surface area contributed by atoms with Crippen LogP contribution in [0.1, 0.15) is 65.2 Å². The summed E-state index contributed by atoms with van der Waals surface area (Å²) in [6.45, 7) is 7.14. The second-order valence-electron chi connectivity index (χ2n) is 4.42. The second kappa shape index (κ2) is 11.0. The van der Waals surface area contributed by atoms with Gasteiger partial charge in [-0.3, -0.25) is 0 Å². The lowest BCUT2D eigenvalue weighted by atomic mass is 10.2. The molecule has 0 aliphatic heterocycles. The summed E-state index contributed by atoms with van der Waals surface area (Å²) in [4.78, 5) is 2.49. The third-order valence-electron chi connectivity index (χ3n) is 2.79. The first-order valence-electron chi connectivity index (χ1n) is 6.49. The van der Waals surface area contributed by atoms with E-state index in [2.05, 4.69) is 25.8 Å². The fourth-order valence-corrected chi connectivity index (χ4v) is 1.73. The lowest BCUT2D eigenvalue weighted by Crippen LogP contribution is -2.20. The third kappa shape index (κ3) is 10.0. The van der Waals surface area contributed by atoms with Crippen LogP contribution in [-0.2, 0) is 0 Å². The molecule has 86 valence electrons. The number of hydrogen-bond acceptors (Lipinski definition) is 1. The van der Waals surface area contributed by atoms with E-state index in [1.54, 1.807) is 0 Å². The maximum Gasteiger partial charge on any atom is -0.00218 e. The zero-order chi connectivity index (χ0) is 10.6. The molecule has 0 amide bonds. The van der Waals surface area contributed by atoms with Gasteiger partial charge >= 0.3 is 0 Å². The van der Waals surface area contributed by atoms with E-state index >= 15 is 0 Å². The number of nitrogens with zero attached hydrogens (tertiary/aromatic N) is 1. The van der Waals surface area contributed by atoms with Crippen LogP contribution in [0.15, 0.2) is 0 Å². The van der Waals surface area contributed by atoms with Gasteiger partial charge in [0.05, 0.1) is 0 Å². The molecule has 0 bridgehead atoms. The highest BCUT2D eigenvalue weighted by Crippen LogP contribution is 2.03. The molecule has 0 saturated heterocycles. The van der Waals surface area contributed by atoms with Crippen LogP contribution in [0.3, 0.4) is 0 Å². The lowest BCUT2D eigenvalue weighted by molar-refractivity contribution is 0.315. The Hall–Kier alpha value is -0.0400. The minimum atomic E-state index is 1.30. The minimum absolute atomic E-state index is 1.30. The number of hydrogen-bond donors (Lipinski definition) is 0. The van der Waals surface area contributed by atoms with E-state index < -0.39 is 0 Å². The number of rotatable bonds is 10. The topological polar surface area (TPSA) is 3.24 Å². The first-order chi connectivity index (χ1) is 6.81. The van der Waals surface area contributed by atoms with Gasteiger partial charge in [0.1, 0.15) is 0 Å². The molecule has 0 fully saturated rings. The maximum atomic E-state index is 2.49. The Morgan fingerprint density at radius 1 is 0.643 bits per heavy atom. The molecular formula is C13H29N. The van der Waals surface area contributed by atoms with E-state index in [1.165, 1.54) is 64.5 Å². The van der Waals surface area contributed by atoms with Crippen LogP contribution in [0, 0.1) is 0 Å². The standard InChI is InChI=1S/C13H29N/c1-4-6-8-10-12-14(3)13-11-9-7-5-2/h4-13H2,1-3H3. The average molecular weight is 199 g/mol. The molecule has 0 unspecified atom stereocenters. The van der Waals surface area contributed by atoms with Gasteiger partial charge in [-0.1, -0.05) is 52.4 Å². The summed E-state index contributed by atoms with van der Waals surface area (Å²) in [7, 11) is 2.26. The summed E-state index contributed by atoms with van der Waals surface area (Å²) in [5.74, 6) is 0. The molecule has 0 spiro atoms. The summed E-state index contributed by atoms with van der Waals surface area (Å²) < 4.78 is 0. The summed E-state index contributed by atoms with van der Waals surface area (Å²) in [5, 5.41) is 0. The normalized spacial score (nSPS) is 11.1. The largest absolute Gasteiger partial charge is 0.306 e. The van der Waals surface area contributed by atoms with Gasteiger partial charge < -0.3 is 4.90 Å². The number of unbranched alkanes of at least 4 members (excludes halogenated alkanes) is 6. The maximum absolute atomic E-state index is 2.49. The molecule has 0 rings (SSSR count). The van der Waals surface area contributed by atoms with Gasteiger partial charge in [-0.15, -0.1) is 0 Å². The predicted octanol–water partition coefficient (Wildman–Crippen LogP) is 4.08. The van der Waals surface area contributed by atoms with Crippen molar-refractivity contribution in [2.45, 2.75) is 65.2 Å². The first-order valence-corrected chi connectivity index (χ1v) is 6.49. The molecule has 0 atom stereocenters. The molecule has 0 heterocycles. The smallest absolute Gasteiger partial charge is 0.00218 e. The minimum Gasteiger partial charge on any atom is -0.306 e. The van der Waals surface area contributed by atoms with Gasteiger partial charge in [0.15, 0.2) is 0 Å². The SMILES string of the molecule is CCCCCCN(C)CCCCCC. The molecule has 0 aliphatic rings. The average Bonchev–Trinajstić information content (AvgIpc) is 2.19. The van der Waals surface area contributed by atoms with Crippen molar-refractivity contribution >= 4 is 0 Å². The fraction of sp³-hybridized carbons (Fsp3) is 1.00. The van der Waals surface area contributed by atoms with E-state index in [-0.39, 0.29) is 0 Å². The van der Waals surface area contributed by atoms with Crippen molar-refractivity contribution in [3.63, 3.8) is 0 Å². The van der Waals surface area contributed by atoms with Crippen LogP contribution in [-0.4, -0.2) is 25.0 Å². The Labute approximate surface area is 90.9 Å². The van der Waals surface area contributed by atoms with Crippen LogP contribution in [0.25, 0.3) is 0 Å². The van der Waals surface area contributed by atoms with Gasteiger partial charge in [0, 0.05) is 0 Å². The van der Waals surface area contributed by atoms with Crippen LogP contribution in [0.2, 0.25) is 0 Å². The first kappa shape index (κ1) is 14.0. The quantitative estimate of drug-likeness (QED) is 0.479. The molecule has 0 aromatic rings. The van der Waals surface area contributed by atoms with Crippen LogP contribution in [0.5, 0.6) is 0 Å². The van der Waals surface area contributed by atoms with Crippen molar-refractivity contribution in [3.05, 3.63) is 0 Å². The van der Waals surface area contributed by atoms with Crippen molar-refractivity contribution in [3.8, 4) is 0 Å². The van der Waals surface area contributed by atoms with Crippen molar-refractivity contribution in [1.82, 2.24) is 4.90 Å². The summed E-state index contributed by atoms with van der Waals surface area (Å²) in [6, 6.07) is 0. The van der Waals surface area contributed by atoms with Crippen molar-refractivity contribution in [2.75, 3.05) is 20.1 Å². The van der Waals surface area contributed by atoms with E-state index in [9.17, 15) is 0 Å². The molecule has 0 aliphatic carbocycles. The Kier molecular flexibility index (Phi) is 11.0. The molecule has 0 N–H and O–H groups in total. The molecule has 1 nitrogen and oxygen atoms in total. The Balaban J connectivity index is 3.07. The van der Waals surface area contributed by atoms with E-state index in [4.69, 9.17) is 0 Å². The highest BCUT2D eigenvalue weighted by atomic mass is 15.1. The van der Waals surface area contributed by atoms with E-state index in [0.717, 1.165) is 0 Å². The van der Waals surface area contributed by atoms with Crippen molar-refractivity contribution < 1.29 is 0 Å². The van der Waals surface area contributed by atoms with Crippen molar-refractivity contribution in [1.29, 1.82) is 0 Å². The lowest BCUT2D eigenvalue weighted by Gasteiger charge is -2.15. The molecule has 1 heteroatoms. The Morgan fingerprint density at radius 3 is 1.43 bits per heavy atom. The molecular weight excluding hydrogens is 170 g/mol. The Morgan fingerprint density at radius 2 is 1.07 bits per heavy atom. The highest BCUT2D eigenvalue weighted by Gasteiger charge is 1.97. The van der Waals surface area contributed by atoms with Crippen molar-refractivity contribution in [2.24, 2.45) is 0 Å². The van der Waals surface area contributed by atoms with Crippen LogP contribution >= 0.6 is 0 Å². The second-order valence-corrected chi connectivity index (χ2v) is 4.42. The van der Waals surface area contributed by atoms with E-state index in [1.807, 2.05) is 0 Å². The zero-order valence-corrected chi connectivity index (χ0v) is 10.5. The Bertz CT molecular complexity index is 89.4. The molecule has 0 saturated carbocycles. The van der Waals surface area contributed by atoms with Gasteiger partial charge in [0.25, 0.3) is 0 Å². The highest BCUT2D eigenvalue weighted by molar-refractivity contribution is 4.52. The zero-order valence-electron chi connectivity index (χ0n) is 10.5. The van der Waals surface area contributed by atoms with Gasteiger partial charge in [0.2, 0.25) is 0 Å². The van der Waals surface area contributed by atoms with E-state index in [0.29, 0.717) is 0 Å². The third-order valence-corrected chi connectivity index (χ3v) is 2.79. The molecule has 0 radical (unpaired) electrons. The monoisotopic (exact) mass is 199 g/mol.